The minimum atomic E-state index is -0.663. The van der Waals surface area contributed by atoms with Crippen LogP contribution in [0.3, 0.4) is 0 Å². The Morgan fingerprint density at radius 2 is 2.26 bits per heavy atom. The monoisotopic (exact) mass is 283 g/mol. The van der Waals surface area contributed by atoms with Gasteiger partial charge in [-0.1, -0.05) is 11.6 Å². The van der Waals surface area contributed by atoms with Gasteiger partial charge in [0.05, 0.1) is 22.3 Å². The molecule has 0 radical (unpaired) electrons. The Morgan fingerprint density at radius 3 is 2.79 bits per heavy atom. The molecule has 2 aliphatic rings. The molecule has 19 heavy (non-hydrogen) atoms. The first-order valence-electron chi connectivity index (χ1n) is 6.70. The van der Waals surface area contributed by atoms with Crippen LogP contribution in [-0.4, -0.2) is 39.3 Å². The molecule has 2 heterocycles. The van der Waals surface area contributed by atoms with Gasteiger partial charge in [0, 0.05) is 19.6 Å². The van der Waals surface area contributed by atoms with Crippen molar-refractivity contribution < 1.29 is 9.90 Å². The maximum atomic E-state index is 11.3. The van der Waals surface area contributed by atoms with Crippen molar-refractivity contribution in [3.63, 3.8) is 0 Å². The molecule has 1 aliphatic heterocycles. The number of carboxylic acids is 1. The molecule has 1 saturated heterocycles. The second kappa shape index (κ2) is 4.80. The first kappa shape index (κ1) is 12.9. The second-order valence-electron chi connectivity index (χ2n) is 5.75. The number of H-pyrrole nitrogens is 1. The first-order chi connectivity index (χ1) is 9.06. The van der Waals surface area contributed by atoms with Crippen molar-refractivity contribution in [1.82, 2.24) is 15.1 Å². The summed E-state index contributed by atoms with van der Waals surface area (Å²) >= 11 is 6.16. The number of nitrogens with zero attached hydrogens (tertiary/aromatic N) is 2. The molecule has 0 amide bonds. The lowest BCUT2D eigenvalue weighted by atomic mass is 9.92. The average molecular weight is 284 g/mol. The molecular formula is C13H18ClN3O2. The molecular weight excluding hydrogens is 266 g/mol. The zero-order chi connectivity index (χ0) is 13.6. The second-order valence-corrected chi connectivity index (χ2v) is 6.13. The lowest BCUT2D eigenvalue weighted by Gasteiger charge is -2.14. The van der Waals surface area contributed by atoms with E-state index in [-0.39, 0.29) is 5.92 Å². The van der Waals surface area contributed by atoms with Gasteiger partial charge in [-0.25, -0.2) is 0 Å². The van der Waals surface area contributed by atoms with E-state index in [1.807, 2.05) is 6.92 Å². The minimum absolute atomic E-state index is 0.230. The van der Waals surface area contributed by atoms with Crippen molar-refractivity contribution in [1.29, 1.82) is 0 Å². The number of hydrogen-bond donors (Lipinski definition) is 2. The number of aliphatic carboxylic acids is 1. The summed E-state index contributed by atoms with van der Waals surface area (Å²) in [7, 11) is 0. The molecule has 0 aromatic carbocycles. The highest BCUT2D eigenvalue weighted by Gasteiger charge is 2.45. The van der Waals surface area contributed by atoms with E-state index in [0.29, 0.717) is 29.9 Å². The van der Waals surface area contributed by atoms with E-state index in [1.54, 1.807) is 0 Å². The zero-order valence-electron chi connectivity index (χ0n) is 10.9. The number of aromatic amines is 1. The van der Waals surface area contributed by atoms with E-state index in [1.165, 1.54) is 12.8 Å². The van der Waals surface area contributed by atoms with Gasteiger partial charge >= 0.3 is 5.97 Å². The number of aromatic nitrogens is 2. The van der Waals surface area contributed by atoms with Crippen LogP contribution in [0, 0.1) is 24.7 Å². The predicted molar refractivity (Wildman–Crippen MR) is 71.0 cm³/mol. The predicted octanol–water partition coefficient (Wildman–Crippen LogP) is 1.91. The standard InChI is InChI=1S/C13H18ClN3O2/c1-7-12(14)11(16-15-7)6-17-4-9(8-2-3-8)10(5-17)13(18)19/h8-10H,2-6H2,1H3,(H,15,16)(H,18,19)/t9-,10+/m0/s1. The van der Waals surface area contributed by atoms with Crippen LogP contribution in [0.15, 0.2) is 0 Å². The summed E-state index contributed by atoms with van der Waals surface area (Å²) in [6, 6.07) is 0. The topological polar surface area (TPSA) is 69.2 Å². The largest absolute Gasteiger partial charge is 0.481 e. The maximum absolute atomic E-state index is 11.3. The molecule has 2 N–H and O–H groups in total. The Bertz CT molecular complexity index is 498. The van der Waals surface area contributed by atoms with Crippen LogP contribution < -0.4 is 0 Å². The van der Waals surface area contributed by atoms with Gasteiger partial charge in [0.1, 0.15) is 0 Å². The third kappa shape index (κ3) is 2.49. The molecule has 0 bridgehead atoms. The molecule has 3 rings (SSSR count). The number of nitrogens with one attached hydrogen (secondary N) is 1. The fourth-order valence-electron chi connectivity index (χ4n) is 3.09. The molecule has 1 aliphatic carbocycles. The summed E-state index contributed by atoms with van der Waals surface area (Å²) in [5.41, 5.74) is 1.68. The van der Waals surface area contributed by atoms with Gasteiger partial charge < -0.3 is 5.11 Å². The third-order valence-corrected chi connectivity index (χ3v) is 4.80. The van der Waals surface area contributed by atoms with Crippen molar-refractivity contribution in [2.45, 2.75) is 26.3 Å². The number of carbonyl (C=O) groups is 1. The Hall–Kier alpha value is -1.07. The molecule has 0 spiro atoms. The van der Waals surface area contributed by atoms with Crippen LogP contribution in [0.4, 0.5) is 0 Å². The molecule has 6 heteroatoms. The third-order valence-electron chi connectivity index (χ3n) is 4.30. The minimum Gasteiger partial charge on any atom is -0.481 e. The first-order valence-corrected chi connectivity index (χ1v) is 7.08. The molecule has 1 saturated carbocycles. The van der Waals surface area contributed by atoms with Gasteiger partial charge in [0.15, 0.2) is 0 Å². The molecule has 2 atom stereocenters. The van der Waals surface area contributed by atoms with Crippen LogP contribution in [0.5, 0.6) is 0 Å². The van der Waals surface area contributed by atoms with E-state index >= 15 is 0 Å². The summed E-state index contributed by atoms with van der Waals surface area (Å²) in [5, 5.41) is 17.1. The van der Waals surface area contributed by atoms with Gasteiger partial charge in [-0.2, -0.15) is 5.10 Å². The Morgan fingerprint density at radius 1 is 1.53 bits per heavy atom. The van der Waals surface area contributed by atoms with Crippen LogP contribution in [0.25, 0.3) is 0 Å². The smallest absolute Gasteiger partial charge is 0.308 e. The van der Waals surface area contributed by atoms with E-state index < -0.39 is 5.97 Å². The van der Waals surface area contributed by atoms with Gasteiger partial charge in [-0.3, -0.25) is 14.8 Å². The molecule has 104 valence electrons. The van der Waals surface area contributed by atoms with Gasteiger partial charge in [0.2, 0.25) is 0 Å². The molecule has 5 nitrogen and oxygen atoms in total. The van der Waals surface area contributed by atoms with E-state index in [4.69, 9.17) is 11.6 Å². The average Bonchev–Trinajstić information content (AvgIpc) is 3.06. The van der Waals surface area contributed by atoms with Crippen molar-refractivity contribution in [2.75, 3.05) is 13.1 Å². The number of halogens is 1. The summed E-state index contributed by atoms with van der Waals surface area (Å²) in [5.74, 6) is 0.0221. The number of likely N-dealkylation sites (tertiary alicyclic amines) is 1. The normalized spacial score (nSPS) is 27.9. The highest BCUT2D eigenvalue weighted by Crippen LogP contribution is 2.44. The van der Waals surface area contributed by atoms with E-state index in [9.17, 15) is 9.90 Å². The van der Waals surface area contributed by atoms with Gasteiger partial charge in [-0.15, -0.1) is 0 Å². The summed E-state index contributed by atoms with van der Waals surface area (Å²) in [6.07, 6.45) is 2.37. The fraction of sp³-hybridized carbons (Fsp3) is 0.692. The zero-order valence-corrected chi connectivity index (χ0v) is 11.7. The number of rotatable bonds is 4. The van der Waals surface area contributed by atoms with Crippen molar-refractivity contribution in [3.05, 3.63) is 16.4 Å². The van der Waals surface area contributed by atoms with Crippen LogP contribution in [0.2, 0.25) is 5.02 Å². The summed E-state index contributed by atoms with van der Waals surface area (Å²) in [4.78, 5) is 13.5. The van der Waals surface area contributed by atoms with Gasteiger partial charge in [-0.05, 0) is 31.6 Å². The molecule has 1 aromatic rings. The van der Waals surface area contributed by atoms with Crippen LogP contribution >= 0.6 is 11.6 Å². The Labute approximate surface area is 116 Å². The number of aryl methyl sites for hydroxylation is 1. The van der Waals surface area contributed by atoms with E-state index in [2.05, 4.69) is 15.1 Å². The van der Waals surface area contributed by atoms with Crippen molar-refractivity contribution in [3.8, 4) is 0 Å². The Balaban J connectivity index is 1.69. The number of carboxylic acid groups (broad SMARTS) is 1. The van der Waals surface area contributed by atoms with Crippen LogP contribution in [-0.2, 0) is 11.3 Å². The number of hydrogen-bond acceptors (Lipinski definition) is 3. The summed E-state index contributed by atoms with van der Waals surface area (Å²) < 4.78 is 0. The molecule has 2 fully saturated rings. The van der Waals surface area contributed by atoms with E-state index in [0.717, 1.165) is 17.9 Å². The van der Waals surface area contributed by atoms with Gasteiger partial charge in [0.25, 0.3) is 0 Å². The summed E-state index contributed by atoms with van der Waals surface area (Å²) in [6.45, 7) is 3.98. The lowest BCUT2D eigenvalue weighted by Crippen LogP contribution is -2.24. The molecule has 1 aromatic heterocycles. The Kier molecular flexibility index (Phi) is 3.27. The quantitative estimate of drug-likeness (QED) is 0.886. The SMILES string of the molecule is Cc1[nH]nc(CN2C[C@@H](C(=O)O)[C@H](C3CC3)C2)c1Cl. The molecule has 0 unspecified atom stereocenters. The highest BCUT2D eigenvalue weighted by atomic mass is 35.5. The fourth-order valence-corrected chi connectivity index (χ4v) is 3.23. The lowest BCUT2D eigenvalue weighted by molar-refractivity contribution is -0.142. The van der Waals surface area contributed by atoms with Crippen LogP contribution in [0.1, 0.15) is 24.2 Å². The van der Waals surface area contributed by atoms with Crippen molar-refractivity contribution in [2.24, 2.45) is 17.8 Å². The highest BCUT2D eigenvalue weighted by molar-refractivity contribution is 6.31. The van der Waals surface area contributed by atoms with Crippen molar-refractivity contribution >= 4 is 17.6 Å². The maximum Gasteiger partial charge on any atom is 0.308 e.